The van der Waals surface area contributed by atoms with Crippen LogP contribution in [0.3, 0.4) is 0 Å². The predicted octanol–water partition coefficient (Wildman–Crippen LogP) is 4.87. The average Bonchev–Trinajstić information content (AvgIpc) is 2.84. The van der Waals surface area contributed by atoms with Crippen molar-refractivity contribution in [1.82, 2.24) is 9.38 Å². The second-order valence-corrected chi connectivity index (χ2v) is 7.28. The number of rotatable bonds is 2. The number of hydrogen-bond acceptors (Lipinski definition) is 2. The highest BCUT2D eigenvalue weighted by atomic mass is 79.9. The molecular weight excluding hydrogens is 340 g/mol. The molecular formula is C18H17BrN2O. The summed E-state index contributed by atoms with van der Waals surface area (Å²) in [7, 11) is 0. The maximum Gasteiger partial charge on any atom is 0.169 e. The molecule has 0 fully saturated rings. The fourth-order valence-electron chi connectivity index (χ4n) is 2.49. The van der Waals surface area contributed by atoms with Crippen LogP contribution in [-0.2, 0) is 5.41 Å². The summed E-state index contributed by atoms with van der Waals surface area (Å²) in [6.45, 7) is 6.55. The summed E-state index contributed by atoms with van der Waals surface area (Å²) in [4.78, 5) is 16.1. The van der Waals surface area contributed by atoms with Gasteiger partial charge in [-0.2, -0.15) is 0 Å². The zero-order valence-electron chi connectivity index (χ0n) is 12.8. The van der Waals surface area contributed by atoms with Crippen LogP contribution < -0.4 is 0 Å². The number of benzene rings is 1. The lowest BCUT2D eigenvalue weighted by molar-refractivity contribution is 0.111. The van der Waals surface area contributed by atoms with E-state index in [1.165, 1.54) is 5.56 Å². The van der Waals surface area contributed by atoms with Gasteiger partial charge in [0.15, 0.2) is 6.29 Å². The van der Waals surface area contributed by atoms with Crippen LogP contribution in [0.5, 0.6) is 0 Å². The molecule has 1 aromatic carbocycles. The number of fused-ring (bicyclic) bond motifs is 1. The van der Waals surface area contributed by atoms with E-state index in [4.69, 9.17) is 0 Å². The molecule has 0 aliphatic heterocycles. The Balaban J connectivity index is 2.15. The lowest BCUT2D eigenvalue weighted by Crippen LogP contribution is -2.10. The maximum absolute atomic E-state index is 11.5. The molecule has 0 amide bonds. The van der Waals surface area contributed by atoms with Gasteiger partial charge in [-0.25, -0.2) is 4.98 Å². The van der Waals surface area contributed by atoms with Gasteiger partial charge in [0, 0.05) is 16.2 Å². The fraction of sp³-hybridized carbons (Fsp3) is 0.222. The number of carbonyl (C=O) groups excluding carboxylic acids is 1. The van der Waals surface area contributed by atoms with Crippen LogP contribution in [-0.4, -0.2) is 15.7 Å². The molecule has 3 rings (SSSR count). The molecule has 2 aromatic heterocycles. The Morgan fingerprint density at radius 2 is 1.77 bits per heavy atom. The van der Waals surface area contributed by atoms with Gasteiger partial charge in [-0.05, 0) is 39.0 Å². The smallest absolute Gasteiger partial charge is 0.169 e. The standard InChI is InChI=1S/C18H17BrN2O/c1-18(2,3)13-6-4-12(5-7-13)17-15(11-22)21-10-14(19)8-9-16(21)20-17/h4-11H,1-3H3. The SMILES string of the molecule is CC(C)(C)c1ccc(-c2nc3ccc(Br)cn3c2C=O)cc1. The maximum atomic E-state index is 11.5. The number of aldehydes is 1. The summed E-state index contributed by atoms with van der Waals surface area (Å²) < 4.78 is 2.72. The summed E-state index contributed by atoms with van der Waals surface area (Å²) in [5, 5.41) is 0. The van der Waals surface area contributed by atoms with E-state index in [1.54, 1.807) is 0 Å². The Labute approximate surface area is 138 Å². The number of imidazole rings is 1. The van der Waals surface area contributed by atoms with Crippen molar-refractivity contribution in [3.05, 3.63) is 58.3 Å². The summed E-state index contributed by atoms with van der Waals surface area (Å²) in [6, 6.07) is 12.1. The van der Waals surface area contributed by atoms with Gasteiger partial charge in [0.1, 0.15) is 17.0 Å². The first-order valence-electron chi connectivity index (χ1n) is 7.14. The van der Waals surface area contributed by atoms with Crippen molar-refractivity contribution in [1.29, 1.82) is 0 Å². The second-order valence-electron chi connectivity index (χ2n) is 6.37. The van der Waals surface area contributed by atoms with Crippen LogP contribution in [0.1, 0.15) is 36.8 Å². The number of carbonyl (C=O) groups is 1. The fourth-order valence-corrected chi connectivity index (χ4v) is 2.83. The third-order valence-corrected chi connectivity index (χ3v) is 4.22. The summed E-state index contributed by atoms with van der Waals surface area (Å²) >= 11 is 3.43. The number of aromatic nitrogens is 2. The van der Waals surface area contributed by atoms with E-state index in [9.17, 15) is 4.79 Å². The first kappa shape index (κ1) is 15.0. The van der Waals surface area contributed by atoms with Crippen molar-refractivity contribution < 1.29 is 4.79 Å². The van der Waals surface area contributed by atoms with E-state index < -0.39 is 0 Å². The highest BCUT2D eigenvalue weighted by molar-refractivity contribution is 9.10. The third-order valence-electron chi connectivity index (χ3n) is 3.76. The van der Waals surface area contributed by atoms with Crippen LogP contribution in [0.2, 0.25) is 0 Å². The van der Waals surface area contributed by atoms with E-state index in [-0.39, 0.29) is 5.41 Å². The van der Waals surface area contributed by atoms with Crippen LogP contribution in [0.25, 0.3) is 16.9 Å². The molecule has 0 saturated heterocycles. The minimum absolute atomic E-state index is 0.107. The Morgan fingerprint density at radius 3 is 2.36 bits per heavy atom. The molecule has 0 spiro atoms. The molecule has 0 atom stereocenters. The molecule has 0 saturated carbocycles. The number of pyridine rings is 1. The molecule has 2 heterocycles. The van der Waals surface area contributed by atoms with Crippen molar-refractivity contribution in [2.75, 3.05) is 0 Å². The summed E-state index contributed by atoms with van der Waals surface area (Å²) in [5.41, 5.74) is 4.37. The zero-order valence-corrected chi connectivity index (χ0v) is 14.4. The van der Waals surface area contributed by atoms with Crippen LogP contribution in [0.15, 0.2) is 47.1 Å². The monoisotopic (exact) mass is 356 g/mol. The zero-order chi connectivity index (χ0) is 15.9. The van der Waals surface area contributed by atoms with Gasteiger partial charge >= 0.3 is 0 Å². The van der Waals surface area contributed by atoms with E-state index in [2.05, 4.69) is 53.8 Å². The molecule has 0 bridgehead atoms. The van der Waals surface area contributed by atoms with Crippen molar-refractivity contribution in [2.45, 2.75) is 26.2 Å². The number of halogens is 1. The third kappa shape index (κ3) is 2.59. The van der Waals surface area contributed by atoms with Gasteiger partial charge in [0.05, 0.1) is 0 Å². The summed E-state index contributed by atoms with van der Waals surface area (Å²) in [6.07, 6.45) is 2.72. The summed E-state index contributed by atoms with van der Waals surface area (Å²) in [5.74, 6) is 0. The largest absolute Gasteiger partial charge is 0.296 e. The van der Waals surface area contributed by atoms with Gasteiger partial charge in [0.25, 0.3) is 0 Å². The minimum atomic E-state index is 0.107. The van der Waals surface area contributed by atoms with Gasteiger partial charge < -0.3 is 0 Å². The highest BCUT2D eigenvalue weighted by Gasteiger charge is 2.16. The Bertz CT molecular complexity index is 842. The molecule has 0 aliphatic rings. The van der Waals surface area contributed by atoms with E-state index in [1.807, 2.05) is 34.9 Å². The van der Waals surface area contributed by atoms with E-state index in [0.29, 0.717) is 11.4 Å². The van der Waals surface area contributed by atoms with Gasteiger partial charge in [-0.3, -0.25) is 9.20 Å². The van der Waals surface area contributed by atoms with Gasteiger partial charge in [-0.1, -0.05) is 45.0 Å². The van der Waals surface area contributed by atoms with Gasteiger partial charge in [0.2, 0.25) is 0 Å². The van der Waals surface area contributed by atoms with Crippen LogP contribution in [0, 0.1) is 0 Å². The van der Waals surface area contributed by atoms with Gasteiger partial charge in [-0.15, -0.1) is 0 Å². The predicted molar refractivity (Wildman–Crippen MR) is 92.4 cm³/mol. The first-order valence-corrected chi connectivity index (χ1v) is 7.93. The molecule has 4 heteroatoms. The molecule has 112 valence electrons. The lowest BCUT2D eigenvalue weighted by atomic mass is 9.86. The molecule has 0 N–H and O–H groups in total. The Hall–Kier alpha value is -1.94. The highest BCUT2D eigenvalue weighted by Crippen LogP contribution is 2.28. The molecule has 0 unspecified atom stereocenters. The number of hydrogen-bond donors (Lipinski definition) is 0. The molecule has 0 aliphatic carbocycles. The normalized spacial score (nSPS) is 11.8. The molecule has 22 heavy (non-hydrogen) atoms. The van der Waals surface area contributed by atoms with Crippen molar-refractivity contribution >= 4 is 27.9 Å². The van der Waals surface area contributed by atoms with Crippen LogP contribution in [0.4, 0.5) is 0 Å². The lowest BCUT2D eigenvalue weighted by Gasteiger charge is -2.18. The Kier molecular flexibility index (Phi) is 3.65. The van der Waals surface area contributed by atoms with E-state index >= 15 is 0 Å². The van der Waals surface area contributed by atoms with E-state index in [0.717, 1.165) is 22.0 Å². The number of nitrogens with zero attached hydrogens (tertiary/aromatic N) is 2. The van der Waals surface area contributed by atoms with Crippen molar-refractivity contribution in [3.8, 4) is 11.3 Å². The molecule has 0 radical (unpaired) electrons. The van der Waals surface area contributed by atoms with Crippen molar-refractivity contribution in [2.24, 2.45) is 0 Å². The quantitative estimate of drug-likeness (QED) is 0.613. The average molecular weight is 357 g/mol. The minimum Gasteiger partial charge on any atom is -0.296 e. The first-order chi connectivity index (χ1) is 10.4. The molecule has 3 nitrogen and oxygen atoms in total. The topological polar surface area (TPSA) is 34.4 Å². The molecule has 3 aromatic rings. The van der Waals surface area contributed by atoms with Crippen molar-refractivity contribution in [3.63, 3.8) is 0 Å². The Morgan fingerprint density at radius 1 is 1.09 bits per heavy atom. The van der Waals surface area contributed by atoms with Crippen LogP contribution >= 0.6 is 15.9 Å². The second kappa shape index (κ2) is 5.36.